The molecule has 0 bridgehead atoms. The van der Waals surface area contributed by atoms with Crippen LogP contribution in [-0.4, -0.2) is 42.2 Å². The van der Waals surface area contributed by atoms with Gasteiger partial charge in [0.15, 0.2) is 0 Å². The van der Waals surface area contributed by atoms with Gasteiger partial charge in [-0.2, -0.15) is 0 Å². The van der Waals surface area contributed by atoms with Crippen LogP contribution in [0.4, 0.5) is 0 Å². The molecule has 0 amide bonds. The second kappa shape index (κ2) is 1.87. The fourth-order valence-electron chi connectivity index (χ4n) is 1.40. The fraction of sp³-hybridized carbons (Fsp3) is 1.00. The van der Waals surface area contributed by atoms with Crippen molar-refractivity contribution >= 4 is 11.8 Å². The highest BCUT2D eigenvalue weighted by atomic mass is 32.2. The molecular weight excluding hydrogens is 132 g/mol. The first-order chi connectivity index (χ1) is 4.33. The molecule has 2 aliphatic heterocycles. The molecule has 1 N–H and O–H groups in total. The lowest BCUT2D eigenvalue weighted by Crippen LogP contribution is -2.63. The number of thioether (sulfide) groups is 1. The van der Waals surface area contributed by atoms with Crippen molar-refractivity contribution in [1.29, 1.82) is 0 Å². The summed E-state index contributed by atoms with van der Waals surface area (Å²) < 4.78 is 0. The first-order valence-corrected chi connectivity index (χ1v) is 4.38. The van der Waals surface area contributed by atoms with E-state index in [0.29, 0.717) is 4.87 Å². The summed E-state index contributed by atoms with van der Waals surface area (Å²) in [5.74, 6) is 1.32. The highest BCUT2D eigenvalue weighted by Gasteiger charge is 2.44. The third-order valence-electron chi connectivity index (χ3n) is 2.30. The van der Waals surface area contributed by atoms with Crippen molar-refractivity contribution in [3.63, 3.8) is 0 Å². The van der Waals surface area contributed by atoms with E-state index in [-0.39, 0.29) is 0 Å². The molecule has 2 nitrogen and oxygen atoms in total. The zero-order valence-electron chi connectivity index (χ0n) is 5.68. The quantitative estimate of drug-likeness (QED) is 0.514. The summed E-state index contributed by atoms with van der Waals surface area (Å²) in [6.07, 6.45) is 0. The third kappa shape index (κ3) is 0.719. The van der Waals surface area contributed by atoms with Crippen molar-refractivity contribution in [3.8, 4) is 0 Å². The van der Waals surface area contributed by atoms with Gasteiger partial charge in [0.1, 0.15) is 0 Å². The second-order valence-corrected chi connectivity index (χ2v) is 4.28. The molecule has 0 aromatic rings. The van der Waals surface area contributed by atoms with Crippen LogP contribution in [0.25, 0.3) is 0 Å². The smallest absolute Gasteiger partial charge is 0.0919 e. The standard InChI is InChI=1S/C6H12N2S/c1-8-2-3-9-6(8)4-7-5-6/h7H,2-5H2,1H3. The van der Waals surface area contributed by atoms with E-state index >= 15 is 0 Å². The van der Waals surface area contributed by atoms with E-state index in [1.54, 1.807) is 0 Å². The predicted molar refractivity (Wildman–Crippen MR) is 40.7 cm³/mol. The van der Waals surface area contributed by atoms with Gasteiger partial charge >= 0.3 is 0 Å². The number of nitrogens with one attached hydrogen (secondary N) is 1. The molecule has 2 saturated heterocycles. The van der Waals surface area contributed by atoms with Gasteiger partial charge in [-0.25, -0.2) is 0 Å². The Balaban J connectivity index is 2.09. The fourth-order valence-corrected chi connectivity index (χ4v) is 2.86. The molecule has 9 heavy (non-hydrogen) atoms. The number of hydrogen-bond acceptors (Lipinski definition) is 3. The highest BCUT2D eigenvalue weighted by molar-refractivity contribution is 8.01. The van der Waals surface area contributed by atoms with Crippen molar-refractivity contribution in [1.82, 2.24) is 10.2 Å². The predicted octanol–water partition coefficient (Wildman–Crippen LogP) is -0.0355. The summed E-state index contributed by atoms with van der Waals surface area (Å²) in [5, 5.41) is 3.31. The Kier molecular flexibility index (Phi) is 1.25. The van der Waals surface area contributed by atoms with Crippen LogP contribution in [0.1, 0.15) is 0 Å². The second-order valence-electron chi connectivity index (χ2n) is 2.82. The molecule has 3 heteroatoms. The number of likely N-dealkylation sites (N-methyl/N-ethyl adjacent to an activating group) is 1. The van der Waals surface area contributed by atoms with E-state index in [0.717, 1.165) is 0 Å². The van der Waals surface area contributed by atoms with Crippen LogP contribution < -0.4 is 5.32 Å². The lowest BCUT2D eigenvalue weighted by atomic mass is 10.1. The number of rotatable bonds is 0. The summed E-state index contributed by atoms with van der Waals surface area (Å²) in [6, 6.07) is 0. The molecule has 0 aromatic heterocycles. The molecule has 2 rings (SSSR count). The molecule has 0 aliphatic carbocycles. The molecule has 2 aliphatic rings. The summed E-state index contributed by atoms with van der Waals surface area (Å²) in [5.41, 5.74) is 0. The Bertz CT molecular complexity index is 122. The minimum atomic E-state index is 0.514. The highest BCUT2D eigenvalue weighted by Crippen LogP contribution is 2.37. The van der Waals surface area contributed by atoms with Crippen LogP contribution in [0.3, 0.4) is 0 Å². The first-order valence-electron chi connectivity index (χ1n) is 3.39. The SMILES string of the molecule is CN1CCSC12CNC2. The van der Waals surface area contributed by atoms with Crippen molar-refractivity contribution < 1.29 is 0 Å². The Labute approximate surface area is 60.0 Å². The summed E-state index contributed by atoms with van der Waals surface area (Å²) in [6.45, 7) is 3.65. The van der Waals surface area contributed by atoms with E-state index in [9.17, 15) is 0 Å². The van der Waals surface area contributed by atoms with Gasteiger partial charge in [0, 0.05) is 25.4 Å². The van der Waals surface area contributed by atoms with Gasteiger partial charge in [0.05, 0.1) is 4.87 Å². The van der Waals surface area contributed by atoms with Crippen molar-refractivity contribution in [3.05, 3.63) is 0 Å². The van der Waals surface area contributed by atoms with Gasteiger partial charge < -0.3 is 5.32 Å². The number of hydrogen-bond donors (Lipinski definition) is 1. The van der Waals surface area contributed by atoms with Crippen molar-refractivity contribution in [2.75, 3.05) is 32.4 Å². The first kappa shape index (κ1) is 6.01. The molecule has 0 radical (unpaired) electrons. The summed E-state index contributed by atoms with van der Waals surface area (Å²) in [4.78, 5) is 2.98. The zero-order valence-corrected chi connectivity index (χ0v) is 6.50. The minimum absolute atomic E-state index is 0.514. The Morgan fingerprint density at radius 2 is 2.33 bits per heavy atom. The van der Waals surface area contributed by atoms with Crippen molar-refractivity contribution in [2.45, 2.75) is 4.87 Å². The van der Waals surface area contributed by atoms with Crippen LogP contribution in [0, 0.1) is 0 Å². The molecule has 2 fully saturated rings. The van der Waals surface area contributed by atoms with Crippen LogP contribution >= 0.6 is 11.8 Å². The summed E-state index contributed by atoms with van der Waals surface area (Å²) >= 11 is 2.10. The largest absolute Gasteiger partial charge is 0.311 e. The lowest BCUT2D eigenvalue weighted by molar-refractivity contribution is 0.171. The maximum absolute atomic E-state index is 3.31. The van der Waals surface area contributed by atoms with E-state index < -0.39 is 0 Å². The molecular formula is C6H12N2S. The topological polar surface area (TPSA) is 15.3 Å². The monoisotopic (exact) mass is 144 g/mol. The number of nitrogens with zero attached hydrogens (tertiary/aromatic N) is 1. The molecule has 1 spiro atoms. The summed E-state index contributed by atoms with van der Waals surface area (Å²) in [7, 11) is 2.22. The molecule has 0 atom stereocenters. The van der Waals surface area contributed by atoms with Gasteiger partial charge in [-0.1, -0.05) is 0 Å². The third-order valence-corrected chi connectivity index (χ3v) is 3.82. The van der Waals surface area contributed by atoms with Gasteiger partial charge in [0.2, 0.25) is 0 Å². The van der Waals surface area contributed by atoms with Gasteiger partial charge in [-0.3, -0.25) is 4.90 Å². The van der Waals surface area contributed by atoms with E-state index in [2.05, 4.69) is 29.0 Å². The van der Waals surface area contributed by atoms with Crippen LogP contribution in [-0.2, 0) is 0 Å². The molecule has 0 aromatic carbocycles. The van der Waals surface area contributed by atoms with Crippen LogP contribution in [0.2, 0.25) is 0 Å². The zero-order chi connectivity index (χ0) is 6.32. The van der Waals surface area contributed by atoms with E-state index in [1.165, 1.54) is 25.4 Å². The molecule has 0 unspecified atom stereocenters. The van der Waals surface area contributed by atoms with Crippen molar-refractivity contribution in [2.24, 2.45) is 0 Å². The average Bonchev–Trinajstić information content (AvgIpc) is 2.07. The normalized spacial score (nSPS) is 33.0. The van der Waals surface area contributed by atoms with Crippen LogP contribution in [0.15, 0.2) is 0 Å². The van der Waals surface area contributed by atoms with E-state index in [4.69, 9.17) is 0 Å². The van der Waals surface area contributed by atoms with E-state index in [1.807, 2.05) is 0 Å². The van der Waals surface area contributed by atoms with Crippen LogP contribution in [0.5, 0.6) is 0 Å². The Hall–Kier alpha value is 0.270. The molecule has 52 valence electrons. The lowest BCUT2D eigenvalue weighted by Gasteiger charge is -2.43. The van der Waals surface area contributed by atoms with Gasteiger partial charge in [0.25, 0.3) is 0 Å². The Morgan fingerprint density at radius 3 is 2.56 bits per heavy atom. The molecule has 2 heterocycles. The maximum atomic E-state index is 3.31. The Morgan fingerprint density at radius 1 is 1.56 bits per heavy atom. The maximum Gasteiger partial charge on any atom is 0.0919 e. The minimum Gasteiger partial charge on any atom is -0.311 e. The van der Waals surface area contributed by atoms with Gasteiger partial charge in [-0.15, -0.1) is 11.8 Å². The molecule has 0 saturated carbocycles. The van der Waals surface area contributed by atoms with Gasteiger partial charge in [-0.05, 0) is 7.05 Å². The average molecular weight is 144 g/mol.